The van der Waals surface area contributed by atoms with Crippen LogP contribution in [-0.4, -0.2) is 21.5 Å². The van der Waals surface area contributed by atoms with Gasteiger partial charge in [0.2, 0.25) is 0 Å². The maximum absolute atomic E-state index is 12.8. The first kappa shape index (κ1) is 11.0. The number of aromatic nitrogens is 3. The molecule has 84 valence electrons. The van der Waals surface area contributed by atoms with Crippen LogP contribution in [0.3, 0.4) is 0 Å². The molecule has 16 heavy (non-hydrogen) atoms. The van der Waals surface area contributed by atoms with Crippen LogP contribution < -0.4 is 5.73 Å². The summed E-state index contributed by atoms with van der Waals surface area (Å²) in [4.78, 5) is 0. The number of hydrogen-bond donors (Lipinski definition) is 1. The first-order chi connectivity index (χ1) is 7.70. The van der Waals surface area contributed by atoms with E-state index in [-0.39, 0.29) is 5.82 Å². The van der Waals surface area contributed by atoms with Crippen molar-refractivity contribution in [3.63, 3.8) is 0 Å². The third-order valence-corrected chi connectivity index (χ3v) is 2.40. The van der Waals surface area contributed by atoms with Crippen molar-refractivity contribution < 1.29 is 4.39 Å². The van der Waals surface area contributed by atoms with Gasteiger partial charge in [-0.25, -0.2) is 9.07 Å². The lowest BCUT2D eigenvalue weighted by molar-refractivity contribution is 0.627. The minimum atomic E-state index is -0.379. The number of nitrogens with two attached hydrogens (primary N) is 1. The smallest absolute Gasteiger partial charge is 0.124 e. The zero-order chi connectivity index (χ0) is 11.5. The molecule has 2 aromatic rings. The number of benzene rings is 1. The van der Waals surface area contributed by atoms with Crippen LogP contribution >= 0.6 is 11.6 Å². The SMILES string of the molecule is NCCc1cn(-c2ccc(F)cc2Cl)nn1. The van der Waals surface area contributed by atoms with Crippen molar-refractivity contribution in [2.45, 2.75) is 6.42 Å². The molecule has 0 atom stereocenters. The molecule has 0 aliphatic carbocycles. The van der Waals surface area contributed by atoms with E-state index in [0.717, 1.165) is 5.69 Å². The van der Waals surface area contributed by atoms with Crippen molar-refractivity contribution in [1.82, 2.24) is 15.0 Å². The Bertz CT molecular complexity index is 497. The summed E-state index contributed by atoms with van der Waals surface area (Å²) in [5, 5.41) is 8.12. The Morgan fingerprint density at radius 3 is 2.94 bits per heavy atom. The average molecular weight is 241 g/mol. The van der Waals surface area contributed by atoms with Gasteiger partial charge in [-0.15, -0.1) is 5.10 Å². The lowest BCUT2D eigenvalue weighted by atomic mass is 10.3. The van der Waals surface area contributed by atoms with E-state index in [1.807, 2.05) is 0 Å². The molecule has 0 bridgehead atoms. The first-order valence-corrected chi connectivity index (χ1v) is 5.15. The standard InChI is InChI=1S/C10H10ClFN4/c11-9-5-7(12)1-2-10(9)16-6-8(3-4-13)14-15-16/h1-2,5-6H,3-4,13H2. The fourth-order valence-corrected chi connectivity index (χ4v) is 1.60. The van der Waals surface area contributed by atoms with Crippen LogP contribution in [0.5, 0.6) is 0 Å². The predicted octanol–water partition coefficient (Wildman–Crippen LogP) is 1.56. The minimum absolute atomic E-state index is 0.296. The fourth-order valence-electron chi connectivity index (χ4n) is 1.35. The molecule has 2 N–H and O–H groups in total. The third-order valence-electron chi connectivity index (χ3n) is 2.10. The highest BCUT2D eigenvalue weighted by molar-refractivity contribution is 6.32. The number of halogens is 2. The van der Waals surface area contributed by atoms with Gasteiger partial charge in [-0.1, -0.05) is 16.8 Å². The maximum Gasteiger partial charge on any atom is 0.124 e. The lowest BCUT2D eigenvalue weighted by Crippen LogP contribution is -2.02. The third kappa shape index (κ3) is 2.20. The Balaban J connectivity index is 2.35. The highest BCUT2D eigenvalue weighted by atomic mass is 35.5. The van der Waals surface area contributed by atoms with E-state index >= 15 is 0 Å². The van der Waals surface area contributed by atoms with Crippen LogP contribution in [0, 0.1) is 5.82 Å². The summed E-state index contributed by atoms with van der Waals surface area (Å²) < 4.78 is 14.3. The van der Waals surface area contributed by atoms with Crippen LogP contribution in [0.15, 0.2) is 24.4 Å². The molecule has 1 heterocycles. The first-order valence-electron chi connectivity index (χ1n) is 4.77. The average Bonchev–Trinajstić information content (AvgIpc) is 2.67. The van der Waals surface area contributed by atoms with Gasteiger partial charge >= 0.3 is 0 Å². The van der Waals surface area contributed by atoms with Crippen molar-refractivity contribution in [3.8, 4) is 5.69 Å². The van der Waals surface area contributed by atoms with Crippen molar-refractivity contribution >= 4 is 11.6 Å². The van der Waals surface area contributed by atoms with Gasteiger partial charge in [0.05, 0.1) is 22.6 Å². The lowest BCUT2D eigenvalue weighted by Gasteiger charge is -2.02. The molecule has 0 aliphatic heterocycles. The zero-order valence-corrected chi connectivity index (χ0v) is 9.15. The second kappa shape index (κ2) is 4.59. The van der Waals surface area contributed by atoms with Crippen LogP contribution in [-0.2, 0) is 6.42 Å². The molecule has 0 unspecified atom stereocenters. The van der Waals surface area contributed by atoms with Gasteiger partial charge in [0.1, 0.15) is 5.82 Å². The maximum atomic E-state index is 12.8. The Kier molecular flexibility index (Phi) is 3.17. The van der Waals surface area contributed by atoms with E-state index in [1.54, 1.807) is 12.3 Å². The molecular formula is C10H10ClFN4. The summed E-state index contributed by atoms with van der Waals surface area (Å²) in [7, 11) is 0. The Morgan fingerprint density at radius 2 is 2.25 bits per heavy atom. The van der Waals surface area contributed by atoms with Crippen LogP contribution in [0.25, 0.3) is 5.69 Å². The molecule has 2 rings (SSSR count). The van der Waals surface area contributed by atoms with E-state index in [2.05, 4.69) is 10.3 Å². The summed E-state index contributed by atoms with van der Waals surface area (Å²) in [6, 6.07) is 4.12. The Labute approximate surface area is 96.8 Å². The molecule has 1 aromatic carbocycles. The van der Waals surface area contributed by atoms with Crippen molar-refractivity contribution in [1.29, 1.82) is 0 Å². The van der Waals surface area contributed by atoms with Crippen molar-refractivity contribution in [3.05, 3.63) is 40.9 Å². The molecule has 1 aromatic heterocycles. The van der Waals surface area contributed by atoms with Gasteiger partial charge in [-0.2, -0.15) is 0 Å². The van der Waals surface area contributed by atoms with E-state index in [4.69, 9.17) is 17.3 Å². The largest absolute Gasteiger partial charge is 0.330 e. The van der Waals surface area contributed by atoms with Gasteiger partial charge in [-0.05, 0) is 24.7 Å². The van der Waals surface area contributed by atoms with E-state index in [9.17, 15) is 4.39 Å². The highest BCUT2D eigenvalue weighted by Gasteiger charge is 2.06. The van der Waals surface area contributed by atoms with E-state index < -0.39 is 0 Å². The molecule has 0 saturated heterocycles. The molecule has 0 amide bonds. The predicted molar refractivity (Wildman–Crippen MR) is 59.1 cm³/mol. The number of rotatable bonds is 3. The summed E-state index contributed by atoms with van der Waals surface area (Å²) in [6.07, 6.45) is 2.38. The van der Waals surface area contributed by atoms with Gasteiger partial charge in [0, 0.05) is 6.42 Å². The molecule has 0 aliphatic rings. The fraction of sp³-hybridized carbons (Fsp3) is 0.200. The molecule has 0 spiro atoms. The Hall–Kier alpha value is -1.46. The molecular weight excluding hydrogens is 231 g/mol. The molecule has 6 heteroatoms. The van der Waals surface area contributed by atoms with E-state index in [0.29, 0.717) is 23.7 Å². The Morgan fingerprint density at radius 1 is 1.44 bits per heavy atom. The number of nitrogens with zero attached hydrogens (tertiary/aromatic N) is 3. The normalized spacial score (nSPS) is 10.7. The van der Waals surface area contributed by atoms with Crippen LogP contribution in [0.1, 0.15) is 5.69 Å². The molecule has 0 radical (unpaired) electrons. The summed E-state index contributed by atoms with van der Waals surface area (Å²) in [6.45, 7) is 0.510. The quantitative estimate of drug-likeness (QED) is 0.886. The monoisotopic (exact) mass is 240 g/mol. The highest BCUT2D eigenvalue weighted by Crippen LogP contribution is 2.20. The van der Waals surface area contributed by atoms with Crippen LogP contribution in [0.4, 0.5) is 4.39 Å². The zero-order valence-electron chi connectivity index (χ0n) is 8.40. The summed E-state index contributed by atoms with van der Waals surface area (Å²) >= 11 is 5.90. The van der Waals surface area contributed by atoms with E-state index in [1.165, 1.54) is 16.8 Å². The second-order valence-electron chi connectivity index (χ2n) is 3.29. The van der Waals surface area contributed by atoms with Gasteiger partial charge in [-0.3, -0.25) is 0 Å². The van der Waals surface area contributed by atoms with Gasteiger partial charge in [0.15, 0.2) is 0 Å². The van der Waals surface area contributed by atoms with Gasteiger partial charge < -0.3 is 5.73 Å². The molecule has 0 fully saturated rings. The minimum Gasteiger partial charge on any atom is -0.330 e. The summed E-state index contributed by atoms with van der Waals surface area (Å²) in [5.74, 6) is -0.379. The van der Waals surface area contributed by atoms with Crippen LogP contribution in [0.2, 0.25) is 5.02 Å². The number of hydrogen-bond acceptors (Lipinski definition) is 3. The van der Waals surface area contributed by atoms with Crippen molar-refractivity contribution in [2.24, 2.45) is 5.73 Å². The van der Waals surface area contributed by atoms with Gasteiger partial charge in [0.25, 0.3) is 0 Å². The molecule has 0 saturated carbocycles. The van der Waals surface area contributed by atoms with Crippen molar-refractivity contribution in [2.75, 3.05) is 6.54 Å². The topological polar surface area (TPSA) is 56.7 Å². The second-order valence-corrected chi connectivity index (χ2v) is 3.70. The molecule has 4 nitrogen and oxygen atoms in total. The summed E-state index contributed by atoms with van der Waals surface area (Å²) in [5.41, 5.74) is 6.78.